The number of rotatable bonds is 4. The van der Waals surface area contributed by atoms with Crippen LogP contribution in [0.4, 0.5) is 0 Å². The summed E-state index contributed by atoms with van der Waals surface area (Å²) in [6.07, 6.45) is 0. The number of carbonyl (C=O) groups is 1. The second kappa shape index (κ2) is 5.50. The van der Waals surface area contributed by atoms with Crippen LogP contribution in [0, 0.1) is 6.92 Å². The number of thioether (sulfide) groups is 1. The Bertz CT molecular complexity index is 560. The lowest BCUT2D eigenvalue weighted by Crippen LogP contribution is -1.94. The van der Waals surface area contributed by atoms with Gasteiger partial charge in [0.15, 0.2) is 0 Å². The molecule has 18 heavy (non-hydrogen) atoms. The molecular weight excluding hydrogens is 272 g/mol. The van der Waals surface area contributed by atoms with Gasteiger partial charge in [-0.2, -0.15) is 0 Å². The monoisotopic (exact) mass is 282 g/mol. The van der Waals surface area contributed by atoms with Crippen LogP contribution in [-0.2, 0) is 5.75 Å². The van der Waals surface area contributed by atoms with E-state index in [1.54, 1.807) is 24.8 Å². The average Bonchev–Trinajstić information content (AvgIpc) is 2.70. The van der Waals surface area contributed by atoms with Crippen LogP contribution in [0.1, 0.15) is 21.9 Å². The van der Waals surface area contributed by atoms with Gasteiger partial charge in [0.1, 0.15) is 17.1 Å². The molecule has 1 aromatic carbocycles. The van der Waals surface area contributed by atoms with Crippen molar-refractivity contribution in [1.82, 2.24) is 0 Å². The van der Waals surface area contributed by atoms with Crippen molar-refractivity contribution < 1.29 is 14.3 Å². The van der Waals surface area contributed by atoms with Gasteiger partial charge in [-0.15, -0.1) is 11.8 Å². The normalized spacial score (nSPS) is 10.6. The van der Waals surface area contributed by atoms with Gasteiger partial charge in [0.2, 0.25) is 0 Å². The average molecular weight is 283 g/mol. The maximum absolute atomic E-state index is 10.9. The first-order valence-corrected chi connectivity index (χ1v) is 6.63. The van der Waals surface area contributed by atoms with E-state index in [2.05, 4.69) is 0 Å². The van der Waals surface area contributed by atoms with E-state index in [4.69, 9.17) is 21.1 Å². The van der Waals surface area contributed by atoms with E-state index in [1.165, 1.54) is 0 Å². The van der Waals surface area contributed by atoms with Crippen molar-refractivity contribution in [2.45, 2.75) is 17.6 Å². The third-order valence-corrected chi connectivity index (χ3v) is 3.68. The third kappa shape index (κ3) is 3.09. The summed E-state index contributed by atoms with van der Waals surface area (Å²) in [5, 5.41) is 9.61. The first kappa shape index (κ1) is 13.1. The molecule has 0 saturated carbocycles. The summed E-state index contributed by atoms with van der Waals surface area (Å²) >= 11 is 7.37. The van der Waals surface area contributed by atoms with Crippen LogP contribution >= 0.6 is 23.4 Å². The van der Waals surface area contributed by atoms with Gasteiger partial charge in [0.25, 0.3) is 0 Å². The Kier molecular flexibility index (Phi) is 3.99. The number of carboxylic acid groups (broad SMARTS) is 1. The summed E-state index contributed by atoms with van der Waals surface area (Å²) < 4.78 is 5.39. The molecule has 0 fully saturated rings. The van der Waals surface area contributed by atoms with E-state index >= 15 is 0 Å². The summed E-state index contributed by atoms with van der Waals surface area (Å²) in [4.78, 5) is 11.9. The first-order chi connectivity index (χ1) is 8.56. The summed E-state index contributed by atoms with van der Waals surface area (Å²) in [6, 6.07) is 9.04. The highest BCUT2D eigenvalue weighted by Crippen LogP contribution is 2.26. The molecule has 94 valence electrons. The molecule has 0 amide bonds. The fraction of sp³-hybridized carbons (Fsp3) is 0.154. The number of hydrogen-bond donors (Lipinski definition) is 1. The first-order valence-electron chi connectivity index (χ1n) is 5.27. The molecule has 0 saturated heterocycles. The molecule has 3 nitrogen and oxygen atoms in total. The van der Waals surface area contributed by atoms with Crippen molar-refractivity contribution in [3.8, 4) is 0 Å². The number of aryl methyl sites for hydroxylation is 1. The highest BCUT2D eigenvalue weighted by atomic mass is 35.5. The zero-order valence-corrected chi connectivity index (χ0v) is 11.2. The van der Waals surface area contributed by atoms with E-state index < -0.39 is 5.97 Å². The molecule has 5 heteroatoms. The van der Waals surface area contributed by atoms with E-state index in [0.717, 1.165) is 4.90 Å². The minimum absolute atomic E-state index is 0.224. The lowest BCUT2D eigenvalue weighted by atomic mass is 10.2. The summed E-state index contributed by atoms with van der Waals surface area (Å²) in [7, 11) is 0. The second-order valence-corrected chi connectivity index (χ2v) is 5.22. The molecule has 1 N–H and O–H groups in total. The largest absolute Gasteiger partial charge is 0.478 e. The Morgan fingerprint density at radius 2 is 2.06 bits per heavy atom. The van der Waals surface area contributed by atoms with Crippen molar-refractivity contribution in [3.05, 3.63) is 52.4 Å². The van der Waals surface area contributed by atoms with Gasteiger partial charge in [0.05, 0.1) is 5.75 Å². The van der Waals surface area contributed by atoms with Crippen molar-refractivity contribution >= 4 is 29.3 Å². The molecular formula is C13H11ClO3S. The topological polar surface area (TPSA) is 50.4 Å². The van der Waals surface area contributed by atoms with Crippen molar-refractivity contribution in [2.75, 3.05) is 0 Å². The Morgan fingerprint density at radius 1 is 1.39 bits per heavy atom. The summed E-state index contributed by atoms with van der Waals surface area (Å²) in [5.74, 6) is 0.730. The van der Waals surface area contributed by atoms with E-state index in [9.17, 15) is 4.79 Å². The van der Waals surface area contributed by atoms with Crippen LogP contribution in [0.25, 0.3) is 0 Å². The van der Waals surface area contributed by atoms with Crippen LogP contribution in [0.2, 0.25) is 5.02 Å². The van der Waals surface area contributed by atoms with E-state index in [1.807, 2.05) is 24.3 Å². The van der Waals surface area contributed by atoms with E-state index in [0.29, 0.717) is 22.3 Å². The van der Waals surface area contributed by atoms with Gasteiger partial charge in [0, 0.05) is 9.92 Å². The van der Waals surface area contributed by atoms with Crippen molar-refractivity contribution in [3.63, 3.8) is 0 Å². The molecule has 0 unspecified atom stereocenters. The zero-order valence-electron chi connectivity index (χ0n) is 9.64. The Hall–Kier alpha value is -1.39. The summed E-state index contributed by atoms with van der Waals surface area (Å²) in [6.45, 7) is 1.65. The minimum atomic E-state index is -0.959. The van der Waals surface area contributed by atoms with Gasteiger partial charge in [-0.25, -0.2) is 4.79 Å². The molecule has 2 aromatic rings. The SMILES string of the molecule is Cc1oc(CSc2ccc(Cl)cc2)cc1C(=O)O. The Labute approximate surface area is 114 Å². The van der Waals surface area contributed by atoms with Crippen LogP contribution in [0.5, 0.6) is 0 Å². The maximum Gasteiger partial charge on any atom is 0.339 e. The van der Waals surface area contributed by atoms with Gasteiger partial charge in [-0.05, 0) is 37.3 Å². The second-order valence-electron chi connectivity index (χ2n) is 3.73. The molecule has 0 radical (unpaired) electrons. The molecule has 0 aliphatic heterocycles. The van der Waals surface area contributed by atoms with Crippen LogP contribution in [-0.4, -0.2) is 11.1 Å². The molecule has 2 rings (SSSR count). The van der Waals surface area contributed by atoms with Gasteiger partial charge in [-0.3, -0.25) is 0 Å². The number of benzene rings is 1. The molecule has 1 heterocycles. The fourth-order valence-electron chi connectivity index (χ4n) is 1.51. The van der Waals surface area contributed by atoms with Gasteiger partial charge in [-0.1, -0.05) is 11.6 Å². The van der Waals surface area contributed by atoms with Crippen molar-refractivity contribution in [1.29, 1.82) is 0 Å². The number of carboxylic acids is 1. The number of aromatic carboxylic acids is 1. The molecule has 1 aromatic heterocycles. The zero-order chi connectivity index (χ0) is 13.1. The number of furan rings is 1. The minimum Gasteiger partial charge on any atom is -0.478 e. The predicted octanol–water partition coefficient (Wildman–Crippen LogP) is 4.23. The number of halogens is 1. The maximum atomic E-state index is 10.9. The number of hydrogen-bond acceptors (Lipinski definition) is 3. The highest BCUT2D eigenvalue weighted by Gasteiger charge is 2.13. The van der Waals surface area contributed by atoms with Gasteiger partial charge < -0.3 is 9.52 Å². The lowest BCUT2D eigenvalue weighted by Gasteiger charge is -1.99. The molecule has 0 spiro atoms. The predicted molar refractivity (Wildman–Crippen MR) is 71.4 cm³/mol. The molecule has 0 aliphatic rings. The Morgan fingerprint density at radius 3 is 2.61 bits per heavy atom. The Balaban J connectivity index is 2.04. The lowest BCUT2D eigenvalue weighted by molar-refractivity contribution is 0.0695. The van der Waals surface area contributed by atoms with Crippen LogP contribution < -0.4 is 0 Å². The molecule has 0 atom stereocenters. The summed E-state index contributed by atoms with van der Waals surface area (Å²) in [5.41, 5.74) is 0.224. The molecule has 0 aliphatic carbocycles. The quantitative estimate of drug-likeness (QED) is 0.853. The fourth-order valence-corrected chi connectivity index (χ4v) is 2.42. The van der Waals surface area contributed by atoms with Crippen LogP contribution in [0.15, 0.2) is 39.6 Å². The van der Waals surface area contributed by atoms with Gasteiger partial charge >= 0.3 is 5.97 Å². The molecule has 0 bridgehead atoms. The van der Waals surface area contributed by atoms with Crippen LogP contribution in [0.3, 0.4) is 0 Å². The van der Waals surface area contributed by atoms with Crippen molar-refractivity contribution in [2.24, 2.45) is 0 Å². The van der Waals surface area contributed by atoms with E-state index in [-0.39, 0.29) is 5.56 Å². The smallest absolute Gasteiger partial charge is 0.339 e. The third-order valence-electron chi connectivity index (χ3n) is 2.39. The standard InChI is InChI=1S/C13H11ClO3S/c1-8-12(13(15)16)6-10(17-8)7-18-11-4-2-9(14)3-5-11/h2-6H,7H2,1H3,(H,15,16). The highest BCUT2D eigenvalue weighted by molar-refractivity contribution is 7.98.